The van der Waals surface area contributed by atoms with Crippen LogP contribution in [0.15, 0.2) is 30.3 Å². The zero-order valence-corrected chi connectivity index (χ0v) is 12.3. The van der Waals surface area contributed by atoms with Gasteiger partial charge >= 0.3 is 6.61 Å². The fourth-order valence-corrected chi connectivity index (χ4v) is 2.25. The minimum atomic E-state index is -2.86. The molecule has 0 radical (unpaired) electrons. The highest BCUT2D eigenvalue weighted by Gasteiger charge is 2.41. The van der Waals surface area contributed by atoms with E-state index in [1.54, 1.807) is 18.2 Å². The van der Waals surface area contributed by atoms with Crippen LogP contribution in [0.25, 0.3) is 6.08 Å². The molecule has 22 heavy (non-hydrogen) atoms. The predicted molar refractivity (Wildman–Crippen MR) is 78.5 cm³/mol. The van der Waals surface area contributed by atoms with E-state index in [4.69, 9.17) is 0 Å². The van der Waals surface area contributed by atoms with E-state index < -0.39 is 12.2 Å². The Hall–Kier alpha value is -1.95. The summed E-state index contributed by atoms with van der Waals surface area (Å²) in [4.78, 5) is 11.9. The van der Waals surface area contributed by atoms with E-state index in [1.165, 1.54) is 18.2 Å². The first-order valence-electron chi connectivity index (χ1n) is 7.09. The number of alkyl halides is 2. The van der Waals surface area contributed by atoms with Crippen molar-refractivity contribution in [1.82, 2.24) is 5.32 Å². The van der Waals surface area contributed by atoms with E-state index in [0.29, 0.717) is 11.5 Å². The van der Waals surface area contributed by atoms with Gasteiger partial charge in [-0.15, -0.1) is 0 Å². The second-order valence-corrected chi connectivity index (χ2v) is 5.62. The van der Waals surface area contributed by atoms with Gasteiger partial charge in [-0.1, -0.05) is 12.1 Å². The third-order valence-corrected chi connectivity index (χ3v) is 3.75. The van der Waals surface area contributed by atoms with Gasteiger partial charge in [-0.05, 0) is 49.5 Å². The van der Waals surface area contributed by atoms with Crippen molar-refractivity contribution >= 4 is 12.0 Å². The monoisotopic (exact) mass is 311 g/mol. The van der Waals surface area contributed by atoms with Gasteiger partial charge < -0.3 is 15.2 Å². The summed E-state index contributed by atoms with van der Waals surface area (Å²) < 4.78 is 28.3. The number of aliphatic hydroxyl groups is 1. The molecule has 1 fully saturated rings. The Morgan fingerprint density at radius 1 is 1.45 bits per heavy atom. The summed E-state index contributed by atoms with van der Waals surface area (Å²) >= 11 is 0. The van der Waals surface area contributed by atoms with Crippen LogP contribution < -0.4 is 10.1 Å². The van der Waals surface area contributed by atoms with Gasteiger partial charge in [-0.3, -0.25) is 4.79 Å². The van der Waals surface area contributed by atoms with E-state index >= 15 is 0 Å². The van der Waals surface area contributed by atoms with Gasteiger partial charge in [0.05, 0.1) is 12.1 Å². The van der Waals surface area contributed by atoms with Crippen molar-refractivity contribution in [2.75, 3.05) is 6.61 Å². The molecule has 1 aliphatic rings. The molecule has 1 amide bonds. The first-order valence-corrected chi connectivity index (χ1v) is 7.09. The number of benzene rings is 1. The number of amides is 1. The molecule has 1 saturated carbocycles. The van der Waals surface area contributed by atoms with Gasteiger partial charge in [0.25, 0.3) is 0 Å². The molecule has 1 aromatic carbocycles. The first-order chi connectivity index (χ1) is 10.4. The van der Waals surface area contributed by atoms with Crippen molar-refractivity contribution in [3.05, 3.63) is 35.9 Å². The Labute approximate surface area is 127 Å². The number of aliphatic hydroxyl groups excluding tert-OH is 1. The Balaban J connectivity index is 1.91. The zero-order chi connectivity index (χ0) is 16.2. The number of ether oxygens (including phenoxy) is 1. The van der Waals surface area contributed by atoms with Crippen LogP contribution in [0, 0.1) is 5.92 Å². The number of rotatable bonds is 7. The average molecular weight is 311 g/mol. The molecule has 2 N–H and O–H groups in total. The van der Waals surface area contributed by atoms with Crippen molar-refractivity contribution in [1.29, 1.82) is 0 Å². The summed E-state index contributed by atoms with van der Waals surface area (Å²) in [5.74, 6) is 0.0928. The van der Waals surface area contributed by atoms with Crippen molar-refractivity contribution in [3.63, 3.8) is 0 Å². The molecule has 120 valence electrons. The summed E-state index contributed by atoms with van der Waals surface area (Å²) in [7, 11) is 0. The molecule has 1 aromatic rings. The standard InChI is InChI=1S/C16H19F2NO3/c1-16(10-20,12-5-6-12)19-14(21)9-4-11-2-7-13(8-3-11)22-15(17)18/h2-4,7-9,12,15,20H,5-6,10H2,1H3,(H,19,21)/b9-4+. The lowest BCUT2D eigenvalue weighted by atomic mass is 9.97. The van der Waals surface area contributed by atoms with Gasteiger partial charge in [0.2, 0.25) is 5.91 Å². The highest BCUT2D eigenvalue weighted by Crippen LogP contribution is 2.39. The number of halogens is 2. The van der Waals surface area contributed by atoms with Gasteiger partial charge in [-0.2, -0.15) is 8.78 Å². The highest BCUT2D eigenvalue weighted by molar-refractivity contribution is 5.92. The minimum absolute atomic E-state index is 0.0678. The van der Waals surface area contributed by atoms with Crippen LogP contribution >= 0.6 is 0 Å². The number of hydrogen-bond donors (Lipinski definition) is 2. The van der Waals surface area contributed by atoms with Crippen LogP contribution in [0.1, 0.15) is 25.3 Å². The molecule has 0 bridgehead atoms. The lowest BCUT2D eigenvalue weighted by Crippen LogP contribution is -2.50. The summed E-state index contributed by atoms with van der Waals surface area (Å²) in [6.45, 7) is -1.13. The molecule has 2 rings (SSSR count). The summed E-state index contributed by atoms with van der Waals surface area (Å²) in [6, 6.07) is 5.97. The fraction of sp³-hybridized carbons (Fsp3) is 0.438. The maximum atomic E-state index is 12.0. The molecule has 6 heteroatoms. The normalized spacial score (nSPS) is 17.5. The number of carbonyl (C=O) groups is 1. The van der Waals surface area contributed by atoms with Crippen LogP contribution in [0.4, 0.5) is 8.78 Å². The van der Waals surface area contributed by atoms with Crippen LogP contribution in [0.5, 0.6) is 5.75 Å². The van der Waals surface area contributed by atoms with Crippen LogP contribution in [0.3, 0.4) is 0 Å². The van der Waals surface area contributed by atoms with Crippen LogP contribution in [-0.4, -0.2) is 29.8 Å². The summed E-state index contributed by atoms with van der Waals surface area (Å²) in [5, 5.41) is 12.2. The SMILES string of the molecule is CC(CO)(NC(=O)/C=C/c1ccc(OC(F)F)cc1)C1CC1. The number of nitrogens with one attached hydrogen (secondary N) is 1. The molecule has 4 nitrogen and oxygen atoms in total. The topological polar surface area (TPSA) is 58.6 Å². The Bertz CT molecular complexity index is 541. The summed E-state index contributed by atoms with van der Waals surface area (Å²) in [6.07, 6.45) is 4.95. The molecule has 1 atom stereocenters. The molecule has 0 aliphatic heterocycles. The lowest BCUT2D eigenvalue weighted by molar-refractivity contribution is -0.119. The smallest absolute Gasteiger partial charge is 0.387 e. The molecule has 1 aliphatic carbocycles. The molecule has 0 heterocycles. The minimum Gasteiger partial charge on any atom is -0.435 e. The zero-order valence-electron chi connectivity index (χ0n) is 12.3. The van der Waals surface area contributed by atoms with Gasteiger partial charge in [0.15, 0.2) is 0 Å². The number of hydrogen-bond acceptors (Lipinski definition) is 3. The van der Waals surface area contributed by atoms with Gasteiger partial charge in [0.1, 0.15) is 5.75 Å². The predicted octanol–water partition coefficient (Wildman–Crippen LogP) is 2.58. The Morgan fingerprint density at radius 3 is 2.59 bits per heavy atom. The van der Waals surface area contributed by atoms with Crippen molar-refractivity contribution in [3.8, 4) is 5.75 Å². The second-order valence-electron chi connectivity index (χ2n) is 5.62. The lowest BCUT2D eigenvalue weighted by Gasteiger charge is -2.28. The number of carbonyl (C=O) groups excluding carboxylic acids is 1. The molecular formula is C16H19F2NO3. The third kappa shape index (κ3) is 4.53. The molecule has 0 aromatic heterocycles. The molecular weight excluding hydrogens is 292 g/mol. The summed E-state index contributed by atoms with van der Waals surface area (Å²) in [5.41, 5.74) is 0.102. The average Bonchev–Trinajstić information content (AvgIpc) is 3.31. The molecule has 0 saturated heterocycles. The highest BCUT2D eigenvalue weighted by atomic mass is 19.3. The Morgan fingerprint density at radius 2 is 2.09 bits per heavy atom. The van der Waals surface area contributed by atoms with E-state index in [-0.39, 0.29) is 18.3 Å². The third-order valence-electron chi connectivity index (χ3n) is 3.75. The second kappa shape index (κ2) is 6.87. The fourth-order valence-electron chi connectivity index (χ4n) is 2.25. The van der Waals surface area contributed by atoms with E-state index in [2.05, 4.69) is 10.1 Å². The maximum Gasteiger partial charge on any atom is 0.387 e. The van der Waals surface area contributed by atoms with Crippen LogP contribution in [-0.2, 0) is 4.79 Å². The largest absolute Gasteiger partial charge is 0.435 e. The van der Waals surface area contributed by atoms with E-state index in [9.17, 15) is 18.7 Å². The van der Waals surface area contributed by atoms with Crippen molar-refractivity contribution in [2.24, 2.45) is 5.92 Å². The molecule has 0 spiro atoms. The maximum absolute atomic E-state index is 12.0. The van der Waals surface area contributed by atoms with Crippen molar-refractivity contribution < 1.29 is 23.4 Å². The van der Waals surface area contributed by atoms with E-state index in [0.717, 1.165) is 12.8 Å². The van der Waals surface area contributed by atoms with Crippen LogP contribution in [0.2, 0.25) is 0 Å². The Kier molecular flexibility index (Phi) is 5.13. The van der Waals surface area contributed by atoms with E-state index in [1.807, 2.05) is 6.92 Å². The van der Waals surface area contributed by atoms with Gasteiger partial charge in [0, 0.05) is 6.08 Å². The first kappa shape index (κ1) is 16.4. The quantitative estimate of drug-likeness (QED) is 0.761. The van der Waals surface area contributed by atoms with Gasteiger partial charge in [-0.25, -0.2) is 0 Å². The molecule has 1 unspecified atom stereocenters. The van der Waals surface area contributed by atoms with Crippen molar-refractivity contribution in [2.45, 2.75) is 31.9 Å².